The number of ether oxygens (including phenoxy) is 1. The van der Waals surface area contributed by atoms with Gasteiger partial charge in [0.05, 0.1) is 22.3 Å². The molecule has 0 radical (unpaired) electrons. The number of hydrogen-bond acceptors (Lipinski definition) is 2. The summed E-state index contributed by atoms with van der Waals surface area (Å²) in [5.74, 6) is 0. The van der Waals surface area contributed by atoms with Crippen molar-refractivity contribution in [3.63, 3.8) is 0 Å². The van der Waals surface area contributed by atoms with Crippen LogP contribution in [0.2, 0.25) is 10.0 Å². The lowest BCUT2D eigenvalue weighted by atomic mass is 10.3. The minimum absolute atomic E-state index is 0.0387. The molecule has 0 saturated carbocycles. The standard InChI is InChI=1S/C9H8Cl2F3NO/c10-6-2-1-3-7(11)8(6)15-4-5-16-9(12,13)14/h1-3,15H,4-5H2. The highest BCUT2D eigenvalue weighted by atomic mass is 35.5. The van der Waals surface area contributed by atoms with Crippen LogP contribution in [0.25, 0.3) is 0 Å². The second-order valence-corrected chi connectivity index (χ2v) is 3.63. The molecule has 0 aliphatic rings. The number of nitrogens with one attached hydrogen (secondary N) is 1. The van der Waals surface area contributed by atoms with Crippen LogP contribution in [0.15, 0.2) is 18.2 Å². The molecule has 0 atom stereocenters. The van der Waals surface area contributed by atoms with Crippen molar-refractivity contribution < 1.29 is 17.9 Å². The van der Waals surface area contributed by atoms with E-state index in [1.807, 2.05) is 0 Å². The van der Waals surface area contributed by atoms with Crippen LogP contribution in [0.3, 0.4) is 0 Å². The lowest BCUT2D eigenvalue weighted by Crippen LogP contribution is -2.19. The van der Waals surface area contributed by atoms with E-state index < -0.39 is 13.0 Å². The molecular formula is C9H8Cl2F3NO. The van der Waals surface area contributed by atoms with Gasteiger partial charge in [0.25, 0.3) is 0 Å². The Bertz CT molecular complexity index is 337. The molecule has 0 heterocycles. The smallest absolute Gasteiger partial charge is 0.380 e. The number of rotatable bonds is 4. The van der Waals surface area contributed by atoms with Crippen molar-refractivity contribution in [2.45, 2.75) is 6.36 Å². The van der Waals surface area contributed by atoms with Gasteiger partial charge < -0.3 is 5.32 Å². The van der Waals surface area contributed by atoms with Gasteiger partial charge in [0.2, 0.25) is 0 Å². The van der Waals surface area contributed by atoms with Crippen molar-refractivity contribution in [2.75, 3.05) is 18.5 Å². The predicted molar refractivity (Wildman–Crippen MR) is 57.0 cm³/mol. The summed E-state index contributed by atoms with van der Waals surface area (Å²) in [5, 5.41) is 3.36. The van der Waals surface area contributed by atoms with E-state index in [1.165, 1.54) is 0 Å². The van der Waals surface area contributed by atoms with Gasteiger partial charge >= 0.3 is 6.36 Å². The van der Waals surface area contributed by atoms with E-state index >= 15 is 0 Å². The fourth-order valence-corrected chi connectivity index (χ4v) is 1.54. The van der Waals surface area contributed by atoms with Crippen molar-refractivity contribution >= 4 is 28.9 Å². The van der Waals surface area contributed by atoms with E-state index in [1.54, 1.807) is 18.2 Å². The Labute approximate surface area is 100 Å². The number of hydrogen-bond donors (Lipinski definition) is 1. The van der Waals surface area contributed by atoms with Gasteiger partial charge in [-0.15, -0.1) is 13.2 Å². The molecule has 90 valence electrons. The molecular weight excluding hydrogens is 266 g/mol. The van der Waals surface area contributed by atoms with Crippen LogP contribution in [-0.4, -0.2) is 19.5 Å². The summed E-state index contributed by atoms with van der Waals surface area (Å²) in [6.07, 6.45) is -4.62. The number of halogens is 5. The highest BCUT2D eigenvalue weighted by Crippen LogP contribution is 2.29. The Morgan fingerprint density at radius 2 is 1.75 bits per heavy atom. The largest absolute Gasteiger partial charge is 0.522 e. The van der Waals surface area contributed by atoms with Crippen molar-refractivity contribution in [3.05, 3.63) is 28.2 Å². The maximum Gasteiger partial charge on any atom is 0.522 e. The van der Waals surface area contributed by atoms with Crippen LogP contribution in [0.4, 0.5) is 18.9 Å². The third-order valence-corrected chi connectivity index (χ3v) is 2.26. The maximum absolute atomic E-state index is 11.6. The number of anilines is 1. The zero-order valence-corrected chi connectivity index (χ0v) is 9.46. The lowest BCUT2D eigenvalue weighted by molar-refractivity contribution is -0.322. The van der Waals surface area contributed by atoms with E-state index in [9.17, 15) is 13.2 Å². The van der Waals surface area contributed by atoms with Crippen LogP contribution in [0, 0.1) is 0 Å². The molecule has 0 spiro atoms. The second kappa shape index (κ2) is 5.61. The molecule has 0 aromatic heterocycles. The van der Waals surface area contributed by atoms with E-state index in [0.29, 0.717) is 15.7 Å². The fraction of sp³-hybridized carbons (Fsp3) is 0.333. The zero-order chi connectivity index (χ0) is 12.2. The van der Waals surface area contributed by atoms with Gasteiger partial charge in [-0.05, 0) is 12.1 Å². The molecule has 0 bridgehead atoms. The highest BCUT2D eigenvalue weighted by molar-refractivity contribution is 6.39. The summed E-state index contributed by atoms with van der Waals surface area (Å²) in [4.78, 5) is 0. The van der Waals surface area contributed by atoms with Crippen LogP contribution < -0.4 is 5.32 Å². The van der Waals surface area contributed by atoms with Gasteiger partial charge in [0.15, 0.2) is 0 Å². The Morgan fingerprint density at radius 1 is 1.19 bits per heavy atom. The summed E-state index contributed by atoms with van der Waals surface area (Å²) in [6.45, 7) is -0.548. The third-order valence-electron chi connectivity index (χ3n) is 1.63. The Hall–Kier alpha value is -0.650. The quantitative estimate of drug-likeness (QED) is 0.839. The molecule has 7 heteroatoms. The minimum atomic E-state index is -4.62. The summed E-state index contributed by atoms with van der Waals surface area (Å²) in [6, 6.07) is 4.81. The van der Waals surface area contributed by atoms with Gasteiger partial charge in [-0.2, -0.15) is 0 Å². The molecule has 0 saturated heterocycles. The first-order valence-corrected chi connectivity index (χ1v) is 5.04. The van der Waals surface area contributed by atoms with Gasteiger partial charge in [-0.1, -0.05) is 29.3 Å². The first kappa shape index (κ1) is 13.4. The Kier molecular flexibility index (Phi) is 4.70. The van der Waals surface area contributed by atoms with Crippen molar-refractivity contribution in [1.29, 1.82) is 0 Å². The van der Waals surface area contributed by atoms with E-state index in [0.717, 1.165) is 0 Å². The van der Waals surface area contributed by atoms with Crippen LogP contribution in [0.1, 0.15) is 0 Å². The molecule has 2 nitrogen and oxygen atoms in total. The van der Waals surface area contributed by atoms with Gasteiger partial charge in [0.1, 0.15) is 0 Å². The maximum atomic E-state index is 11.6. The van der Waals surface area contributed by atoms with Crippen molar-refractivity contribution in [3.8, 4) is 0 Å². The molecule has 0 aliphatic heterocycles. The number of para-hydroxylation sites is 1. The normalized spacial score (nSPS) is 11.6. The summed E-state index contributed by atoms with van der Waals surface area (Å²) in [7, 11) is 0. The summed E-state index contributed by atoms with van der Waals surface area (Å²) < 4.78 is 38.5. The van der Waals surface area contributed by atoms with E-state index in [-0.39, 0.29) is 6.54 Å². The van der Waals surface area contributed by atoms with Gasteiger partial charge in [-0.3, -0.25) is 4.74 Å². The SMILES string of the molecule is FC(F)(F)OCCNc1c(Cl)cccc1Cl. The van der Waals surface area contributed by atoms with Crippen LogP contribution in [-0.2, 0) is 4.74 Å². The molecule has 1 N–H and O–H groups in total. The molecule has 1 aromatic rings. The predicted octanol–water partition coefficient (Wildman–Crippen LogP) is 3.94. The van der Waals surface area contributed by atoms with E-state index in [4.69, 9.17) is 23.2 Å². The molecule has 0 aliphatic carbocycles. The van der Waals surface area contributed by atoms with Gasteiger partial charge in [-0.25, -0.2) is 0 Å². The molecule has 0 fully saturated rings. The first-order chi connectivity index (χ1) is 7.40. The Balaban J connectivity index is 2.43. The minimum Gasteiger partial charge on any atom is -0.380 e. The molecule has 1 aromatic carbocycles. The molecule has 0 amide bonds. The lowest BCUT2D eigenvalue weighted by Gasteiger charge is -2.11. The number of alkyl halides is 3. The molecule has 1 rings (SSSR count). The average Bonchev–Trinajstić information content (AvgIpc) is 2.14. The molecule has 0 unspecified atom stereocenters. The summed E-state index contributed by atoms with van der Waals surface area (Å²) in [5.41, 5.74) is 0.400. The first-order valence-electron chi connectivity index (χ1n) is 4.29. The average molecular weight is 274 g/mol. The van der Waals surface area contributed by atoms with Crippen LogP contribution in [0.5, 0.6) is 0 Å². The van der Waals surface area contributed by atoms with E-state index in [2.05, 4.69) is 10.1 Å². The van der Waals surface area contributed by atoms with Gasteiger partial charge in [0, 0.05) is 6.54 Å². The topological polar surface area (TPSA) is 21.3 Å². The monoisotopic (exact) mass is 273 g/mol. The third kappa shape index (κ3) is 4.47. The van der Waals surface area contributed by atoms with Crippen LogP contribution >= 0.6 is 23.2 Å². The Morgan fingerprint density at radius 3 is 2.25 bits per heavy atom. The zero-order valence-electron chi connectivity index (χ0n) is 7.94. The highest BCUT2D eigenvalue weighted by Gasteiger charge is 2.28. The summed E-state index contributed by atoms with van der Waals surface area (Å²) >= 11 is 11.6. The van der Waals surface area contributed by atoms with Crippen molar-refractivity contribution in [1.82, 2.24) is 0 Å². The molecule has 16 heavy (non-hydrogen) atoms. The number of benzene rings is 1. The second-order valence-electron chi connectivity index (χ2n) is 2.82. The fourth-order valence-electron chi connectivity index (χ4n) is 1.01. The van der Waals surface area contributed by atoms with Crippen molar-refractivity contribution in [2.24, 2.45) is 0 Å².